The van der Waals surface area contributed by atoms with Crippen molar-refractivity contribution in [2.24, 2.45) is 0 Å². The molecular weight excluding hydrogens is 290 g/mol. The summed E-state index contributed by atoms with van der Waals surface area (Å²) in [5.74, 6) is 0.344. The molecule has 0 spiro atoms. The minimum Gasteiger partial charge on any atom is -0.206 e. The molecule has 6 heteroatoms. The van der Waals surface area contributed by atoms with Gasteiger partial charge in [-0.2, -0.15) is 0 Å². The molecule has 0 aliphatic heterocycles. The Labute approximate surface area is 118 Å². The lowest BCUT2D eigenvalue weighted by molar-refractivity contribution is 0.298. The number of hydrogen-bond donors (Lipinski definition) is 1. The quantitative estimate of drug-likeness (QED) is 0.868. The van der Waals surface area contributed by atoms with Gasteiger partial charge in [0.15, 0.2) is 0 Å². The monoisotopic (exact) mass is 307 g/mol. The highest BCUT2D eigenvalue weighted by molar-refractivity contribution is 7.91. The van der Waals surface area contributed by atoms with Gasteiger partial charge in [-0.1, -0.05) is 19.3 Å². The molecule has 0 amide bonds. The molecular formula is C12H18ClNO2S2. The predicted octanol–water partition coefficient (Wildman–Crippen LogP) is 3.28. The number of rotatable bonds is 4. The number of nitrogens with one attached hydrogen (secondary N) is 1. The Morgan fingerprint density at radius 2 is 2.00 bits per heavy atom. The topological polar surface area (TPSA) is 46.2 Å². The predicted molar refractivity (Wildman–Crippen MR) is 75.9 cm³/mol. The Kier molecular flexibility index (Phi) is 4.36. The Morgan fingerprint density at radius 3 is 2.50 bits per heavy atom. The molecule has 102 valence electrons. The highest BCUT2D eigenvalue weighted by atomic mass is 35.5. The highest BCUT2D eigenvalue weighted by Crippen LogP contribution is 2.32. The molecule has 1 aromatic rings. The standard InChI is InChI=1S/C12H18ClNO2S2/c1-10-5-6-11(17-10)18(15,16)14-12(9-13)7-3-2-4-8-12/h5-6,14H,2-4,7-9H2,1H3. The van der Waals surface area contributed by atoms with Crippen molar-refractivity contribution in [1.82, 2.24) is 4.72 Å². The van der Waals surface area contributed by atoms with E-state index in [0.717, 1.165) is 30.6 Å². The van der Waals surface area contributed by atoms with Crippen LogP contribution in [0.3, 0.4) is 0 Å². The molecule has 0 saturated heterocycles. The SMILES string of the molecule is Cc1ccc(S(=O)(=O)NC2(CCl)CCCCC2)s1. The van der Waals surface area contributed by atoms with Crippen LogP contribution in [-0.4, -0.2) is 19.8 Å². The highest BCUT2D eigenvalue weighted by Gasteiger charge is 2.36. The zero-order valence-corrected chi connectivity index (χ0v) is 12.8. The zero-order chi connectivity index (χ0) is 13.2. The maximum Gasteiger partial charge on any atom is 0.250 e. The zero-order valence-electron chi connectivity index (χ0n) is 10.4. The van der Waals surface area contributed by atoms with Gasteiger partial charge in [0, 0.05) is 16.3 Å². The molecule has 1 aliphatic rings. The molecule has 2 rings (SSSR count). The first-order chi connectivity index (χ1) is 8.47. The van der Waals surface area contributed by atoms with E-state index in [0.29, 0.717) is 10.1 Å². The second kappa shape index (κ2) is 5.49. The minimum absolute atomic E-state index is 0.344. The first kappa shape index (κ1) is 14.3. The van der Waals surface area contributed by atoms with E-state index in [2.05, 4.69) is 4.72 Å². The molecule has 0 aromatic carbocycles. The molecule has 1 fully saturated rings. The summed E-state index contributed by atoms with van der Waals surface area (Å²) < 4.78 is 27.9. The first-order valence-corrected chi connectivity index (χ1v) is 8.97. The third-order valence-electron chi connectivity index (χ3n) is 3.40. The summed E-state index contributed by atoms with van der Waals surface area (Å²) in [4.78, 5) is 0.999. The third-order valence-corrected chi connectivity index (χ3v) is 6.98. The van der Waals surface area contributed by atoms with Gasteiger partial charge in [0.25, 0.3) is 10.0 Å². The second-order valence-corrected chi connectivity index (χ2v) is 8.41. The van der Waals surface area contributed by atoms with Crippen LogP contribution in [0.5, 0.6) is 0 Å². The maximum absolute atomic E-state index is 12.3. The van der Waals surface area contributed by atoms with Crippen LogP contribution in [0.4, 0.5) is 0 Å². The van der Waals surface area contributed by atoms with E-state index in [4.69, 9.17) is 11.6 Å². The molecule has 0 radical (unpaired) electrons. The smallest absolute Gasteiger partial charge is 0.206 e. The maximum atomic E-state index is 12.3. The lowest BCUT2D eigenvalue weighted by Crippen LogP contribution is -2.50. The molecule has 1 aromatic heterocycles. The van der Waals surface area contributed by atoms with Crippen molar-refractivity contribution in [2.45, 2.75) is 48.8 Å². The Bertz CT molecular complexity index is 504. The van der Waals surface area contributed by atoms with E-state index in [1.54, 1.807) is 6.07 Å². The van der Waals surface area contributed by atoms with Crippen molar-refractivity contribution >= 4 is 33.0 Å². The van der Waals surface area contributed by atoms with E-state index >= 15 is 0 Å². The second-order valence-electron chi connectivity index (χ2n) is 4.95. The van der Waals surface area contributed by atoms with Crippen LogP contribution in [0.25, 0.3) is 0 Å². The molecule has 1 saturated carbocycles. The Morgan fingerprint density at radius 1 is 1.33 bits per heavy atom. The van der Waals surface area contributed by atoms with Gasteiger partial charge in [-0.05, 0) is 31.9 Å². The van der Waals surface area contributed by atoms with Gasteiger partial charge in [0.1, 0.15) is 4.21 Å². The van der Waals surface area contributed by atoms with Gasteiger partial charge >= 0.3 is 0 Å². The summed E-state index contributed by atoms with van der Waals surface area (Å²) in [6.07, 6.45) is 4.91. The molecule has 18 heavy (non-hydrogen) atoms. The van der Waals surface area contributed by atoms with E-state index in [-0.39, 0.29) is 0 Å². The largest absolute Gasteiger partial charge is 0.250 e. The normalized spacial score (nSPS) is 19.9. The fraction of sp³-hybridized carbons (Fsp3) is 0.667. The fourth-order valence-electron chi connectivity index (χ4n) is 2.38. The molecule has 0 bridgehead atoms. The lowest BCUT2D eigenvalue weighted by atomic mass is 9.84. The van der Waals surface area contributed by atoms with Gasteiger partial charge in [-0.15, -0.1) is 22.9 Å². The van der Waals surface area contributed by atoms with E-state index in [1.165, 1.54) is 17.8 Å². The van der Waals surface area contributed by atoms with Crippen molar-refractivity contribution < 1.29 is 8.42 Å². The average Bonchev–Trinajstić information content (AvgIpc) is 2.77. The van der Waals surface area contributed by atoms with Gasteiger partial charge in [0.2, 0.25) is 0 Å². The number of thiophene rings is 1. The summed E-state index contributed by atoms with van der Waals surface area (Å²) in [6.45, 7) is 1.90. The minimum atomic E-state index is -3.43. The fourth-order valence-corrected chi connectivity index (χ4v) is 5.54. The van der Waals surface area contributed by atoms with Crippen molar-refractivity contribution in [3.05, 3.63) is 17.0 Å². The molecule has 1 aliphatic carbocycles. The van der Waals surface area contributed by atoms with Gasteiger partial charge in [-0.25, -0.2) is 13.1 Å². The van der Waals surface area contributed by atoms with Crippen LogP contribution in [0.2, 0.25) is 0 Å². The Hall–Kier alpha value is -0.100. The average molecular weight is 308 g/mol. The van der Waals surface area contributed by atoms with Crippen molar-refractivity contribution in [3.8, 4) is 0 Å². The molecule has 3 nitrogen and oxygen atoms in total. The summed E-state index contributed by atoms with van der Waals surface area (Å²) >= 11 is 7.31. The van der Waals surface area contributed by atoms with Crippen molar-refractivity contribution in [1.29, 1.82) is 0 Å². The van der Waals surface area contributed by atoms with Gasteiger partial charge < -0.3 is 0 Å². The van der Waals surface area contributed by atoms with Gasteiger partial charge in [-0.3, -0.25) is 0 Å². The van der Waals surface area contributed by atoms with Crippen LogP contribution in [0, 0.1) is 6.92 Å². The molecule has 0 atom stereocenters. The van der Waals surface area contributed by atoms with E-state index in [1.807, 2.05) is 13.0 Å². The van der Waals surface area contributed by atoms with Crippen LogP contribution >= 0.6 is 22.9 Å². The number of aryl methyl sites for hydroxylation is 1. The van der Waals surface area contributed by atoms with Crippen molar-refractivity contribution in [2.75, 3.05) is 5.88 Å². The summed E-state index contributed by atoms with van der Waals surface area (Å²) in [5, 5.41) is 0. The van der Waals surface area contributed by atoms with E-state index in [9.17, 15) is 8.42 Å². The van der Waals surface area contributed by atoms with Crippen LogP contribution < -0.4 is 4.72 Å². The number of sulfonamides is 1. The molecule has 1 N–H and O–H groups in total. The van der Waals surface area contributed by atoms with Crippen molar-refractivity contribution in [3.63, 3.8) is 0 Å². The van der Waals surface area contributed by atoms with Gasteiger partial charge in [0.05, 0.1) is 0 Å². The van der Waals surface area contributed by atoms with Crippen LogP contribution in [0.1, 0.15) is 37.0 Å². The first-order valence-electron chi connectivity index (χ1n) is 6.14. The third kappa shape index (κ3) is 3.07. The molecule has 1 heterocycles. The Balaban J connectivity index is 2.21. The van der Waals surface area contributed by atoms with Crippen LogP contribution in [0.15, 0.2) is 16.3 Å². The summed E-state index contributed by atoms with van der Waals surface area (Å²) in [7, 11) is -3.43. The molecule has 0 unspecified atom stereocenters. The number of alkyl halides is 1. The summed E-state index contributed by atoms with van der Waals surface area (Å²) in [5.41, 5.74) is -0.448. The lowest BCUT2D eigenvalue weighted by Gasteiger charge is -2.35. The number of halogens is 1. The number of hydrogen-bond acceptors (Lipinski definition) is 3. The summed E-state index contributed by atoms with van der Waals surface area (Å²) in [6, 6.07) is 3.49. The van der Waals surface area contributed by atoms with E-state index < -0.39 is 15.6 Å². The van der Waals surface area contributed by atoms with Crippen LogP contribution in [-0.2, 0) is 10.0 Å².